The number of carbonyl (C=O) groups excluding carboxylic acids is 3. The highest BCUT2D eigenvalue weighted by Crippen LogP contribution is 2.65. The fraction of sp³-hybridized carbons (Fsp3) is 0.533. The fourth-order valence-corrected chi connectivity index (χ4v) is 13.1. The standard InChI is InChI=1S/C45H53IN4O8/c1-8-25-16-26-20-44(41(52)56-6,37-30(23-49(21-25)22-26)29-17-28(46)10-11-33(29)47-37)32-18-31-34(19-35(32)55-5)48(4)40-43(31)13-15-50-14-12-27(9-2)36(38(43)50)39(58-24(3)51)45(40,54)42(53)57-7/h10-12,16-19,26,36,38-40,47,54H,8-9,13-15,20-23H2,1-7H3/t26-,36?,38+,39-,40-,43-,44+,45-/m1/s1. The van der Waals surface area contributed by atoms with Crippen LogP contribution in [0.2, 0.25) is 0 Å². The summed E-state index contributed by atoms with van der Waals surface area (Å²) in [5.41, 5.74) is 3.11. The number of likely N-dealkylation sites (N-methyl/N-ethyl adjacent to an activating group) is 1. The fourth-order valence-electron chi connectivity index (χ4n) is 12.6. The van der Waals surface area contributed by atoms with E-state index in [1.165, 1.54) is 26.7 Å². The van der Waals surface area contributed by atoms with Crippen molar-refractivity contribution in [2.75, 3.05) is 59.5 Å². The third-order valence-electron chi connectivity index (χ3n) is 14.6. The van der Waals surface area contributed by atoms with Gasteiger partial charge in [-0.2, -0.15) is 0 Å². The van der Waals surface area contributed by atoms with Crippen LogP contribution in [0.1, 0.15) is 68.8 Å². The number of aliphatic hydroxyl groups is 1. The predicted octanol–water partition coefficient (Wildman–Crippen LogP) is 5.36. The Morgan fingerprint density at radius 2 is 1.79 bits per heavy atom. The molecular weight excluding hydrogens is 851 g/mol. The highest BCUT2D eigenvalue weighted by molar-refractivity contribution is 14.1. The van der Waals surface area contributed by atoms with E-state index in [1.807, 2.05) is 18.0 Å². The van der Waals surface area contributed by atoms with Crippen LogP contribution in [-0.2, 0) is 46.0 Å². The maximum atomic E-state index is 15.2. The van der Waals surface area contributed by atoms with Gasteiger partial charge in [0.15, 0.2) is 6.10 Å². The van der Waals surface area contributed by atoms with Crippen molar-refractivity contribution in [1.29, 1.82) is 0 Å². The summed E-state index contributed by atoms with van der Waals surface area (Å²) in [6.45, 7) is 9.27. The molecular formula is C45H53IN4O8. The van der Waals surface area contributed by atoms with Crippen molar-refractivity contribution in [3.05, 3.63) is 79.6 Å². The van der Waals surface area contributed by atoms with Crippen molar-refractivity contribution in [3.8, 4) is 5.75 Å². The molecule has 9 rings (SSSR count). The van der Waals surface area contributed by atoms with Gasteiger partial charge in [0.25, 0.3) is 0 Å². The van der Waals surface area contributed by atoms with Crippen molar-refractivity contribution in [2.45, 2.75) is 87.6 Å². The maximum Gasteiger partial charge on any atom is 0.344 e. The van der Waals surface area contributed by atoms with E-state index in [9.17, 15) is 14.7 Å². The van der Waals surface area contributed by atoms with Gasteiger partial charge in [-0.1, -0.05) is 37.1 Å². The number of hydrogen-bond donors (Lipinski definition) is 2. The molecule has 58 heavy (non-hydrogen) atoms. The Morgan fingerprint density at radius 3 is 2.48 bits per heavy atom. The van der Waals surface area contributed by atoms with Crippen LogP contribution in [0.3, 0.4) is 0 Å². The third-order valence-corrected chi connectivity index (χ3v) is 15.3. The van der Waals surface area contributed by atoms with Gasteiger partial charge in [0.2, 0.25) is 5.60 Å². The summed E-state index contributed by atoms with van der Waals surface area (Å²) in [5.74, 6) is -1.79. The zero-order valence-corrected chi connectivity index (χ0v) is 36.5. The molecule has 0 amide bonds. The first kappa shape index (κ1) is 39.5. The molecule has 2 N–H and O–H groups in total. The minimum Gasteiger partial charge on any atom is -0.496 e. The van der Waals surface area contributed by atoms with E-state index in [4.69, 9.17) is 18.9 Å². The zero-order valence-electron chi connectivity index (χ0n) is 34.3. The van der Waals surface area contributed by atoms with Crippen molar-refractivity contribution in [3.63, 3.8) is 0 Å². The maximum absolute atomic E-state index is 15.2. The summed E-state index contributed by atoms with van der Waals surface area (Å²) in [5, 5.41) is 14.3. The molecule has 5 aliphatic heterocycles. The topological polar surface area (TPSA) is 134 Å². The average Bonchev–Trinajstić information content (AvgIpc) is 3.86. The number of esters is 3. The number of fused-ring (bicyclic) bond motifs is 6. The molecule has 2 fully saturated rings. The van der Waals surface area contributed by atoms with Gasteiger partial charge in [-0.3, -0.25) is 19.4 Å². The number of hydrogen-bond acceptors (Lipinski definition) is 11. The smallest absolute Gasteiger partial charge is 0.344 e. The quantitative estimate of drug-likeness (QED) is 0.138. The SMILES string of the molecule is CCC1=C[C@H]2CN(C1)Cc1c([nH]c3ccc(I)cc13)[C@@](C(=O)OC)(c1cc3c(cc1OC)N(C)[C@H]1[C@@](O)(C(=O)OC)[C@H](OC(C)=O)C4C(CC)=CCN5CC[C@]31[C@H]45)C2. The second-order valence-corrected chi connectivity index (χ2v) is 18.4. The van der Waals surface area contributed by atoms with E-state index < -0.39 is 46.4 Å². The highest BCUT2D eigenvalue weighted by Gasteiger charge is 2.77. The Balaban J connectivity index is 1.36. The summed E-state index contributed by atoms with van der Waals surface area (Å²) in [4.78, 5) is 53.1. The lowest BCUT2D eigenvalue weighted by Crippen LogP contribution is -2.78. The number of aromatic nitrogens is 1. The van der Waals surface area contributed by atoms with Gasteiger partial charge in [-0.05, 0) is 96.1 Å². The molecule has 12 nitrogen and oxygen atoms in total. The lowest BCUT2D eigenvalue weighted by atomic mass is 9.52. The molecule has 1 saturated carbocycles. The number of rotatable bonds is 7. The van der Waals surface area contributed by atoms with Crippen LogP contribution in [0.4, 0.5) is 5.69 Å². The first-order valence-electron chi connectivity index (χ1n) is 20.5. The van der Waals surface area contributed by atoms with Crippen molar-refractivity contribution >= 4 is 57.1 Å². The molecule has 1 saturated heterocycles. The lowest BCUT2D eigenvalue weighted by molar-refractivity contribution is -0.212. The van der Waals surface area contributed by atoms with Crippen molar-refractivity contribution in [2.24, 2.45) is 11.8 Å². The van der Waals surface area contributed by atoms with Gasteiger partial charge < -0.3 is 33.9 Å². The van der Waals surface area contributed by atoms with Gasteiger partial charge in [0.1, 0.15) is 11.2 Å². The van der Waals surface area contributed by atoms with Crippen LogP contribution < -0.4 is 9.64 Å². The summed E-state index contributed by atoms with van der Waals surface area (Å²) in [6.07, 6.45) is 5.93. The molecule has 6 aliphatic rings. The van der Waals surface area contributed by atoms with Gasteiger partial charge >= 0.3 is 17.9 Å². The predicted molar refractivity (Wildman–Crippen MR) is 227 cm³/mol. The van der Waals surface area contributed by atoms with Crippen LogP contribution >= 0.6 is 22.6 Å². The molecule has 2 bridgehead atoms. The van der Waals surface area contributed by atoms with Gasteiger partial charge in [-0.15, -0.1) is 0 Å². The van der Waals surface area contributed by atoms with E-state index in [-0.39, 0.29) is 17.9 Å². The molecule has 1 aromatic heterocycles. The highest BCUT2D eigenvalue weighted by atomic mass is 127. The Hall–Kier alpha value is -3.92. The van der Waals surface area contributed by atoms with Gasteiger partial charge in [0, 0.05) is 95.0 Å². The molecule has 1 spiro atoms. The van der Waals surface area contributed by atoms with Crippen LogP contribution in [0.15, 0.2) is 53.6 Å². The van der Waals surface area contributed by atoms with E-state index in [0.717, 1.165) is 62.1 Å². The summed E-state index contributed by atoms with van der Waals surface area (Å²) in [7, 11) is 6.24. The van der Waals surface area contributed by atoms with Crippen LogP contribution in [0, 0.1) is 15.4 Å². The molecule has 2 unspecified atom stereocenters. The largest absolute Gasteiger partial charge is 0.496 e. The van der Waals surface area contributed by atoms with Crippen LogP contribution in [-0.4, -0.2) is 116 Å². The number of halogens is 1. The number of benzene rings is 2. The van der Waals surface area contributed by atoms with E-state index in [1.54, 1.807) is 7.11 Å². The molecule has 2 aromatic carbocycles. The number of nitrogens with one attached hydrogen (secondary N) is 1. The number of nitrogens with zero attached hydrogens (tertiary/aromatic N) is 3. The van der Waals surface area contributed by atoms with E-state index >= 15 is 4.79 Å². The number of anilines is 1. The number of methoxy groups -OCH3 is 3. The first-order valence-corrected chi connectivity index (χ1v) is 21.6. The van der Waals surface area contributed by atoms with Crippen molar-refractivity contribution in [1.82, 2.24) is 14.8 Å². The zero-order chi connectivity index (χ0) is 41.1. The Kier molecular flexibility index (Phi) is 9.61. The van der Waals surface area contributed by atoms with Crippen LogP contribution in [0.25, 0.3) is 10.9 Å². The van der Waals surface area contributed by atoms with Gasteiger partial charge in [0.05, 0.1) is 27.4 Å². The van der Waals surface area contributed by atoms with Gasteiger partial charge in [-0.25, -0.2) is 4.79 Å². The molecule has 13 heteroatoms. The number of carbonyl (C=O) groups is 3. The second-order valence-electron chi connectivity index (χ2n) is 17.2. The molecule has 0 radical (unpaired) electrons. The second kappa shape index (κ2) is 14.1. The summed E-state index contributed by atoms with van der Waals surface area (Å²) in [6, 6.07) is 9.35. The monoisotopic (exact) mass is 904 g/mol. The van der Waals surface area contributed by atoms with E-state index in [2.05, 4.69) is 87.6 Å². The Bertz CT molecular complexity index is 2300. The normalized spacial score (nSPS) is 33.4. The molecule has 308 valence electrons. The molecule has 1 aliphatic carbocycles. The number of ether oxygens (including phenoxy) is 4. The molecule has 9 atom stereocenters. The third kappa shape index (κ3) is 5.24. The number of aromatic amines is 1. The van der Waals surface area contributed by atoms with Crippen LogP contribution in [0.5, 0.6) is 5.75 Å². The molecule has 6 heterocycles. The summed E-state index contributed by atoms with van der Waals surface area (Å²) < 4.78 is 25.0. The number of H-pyrrole nitrogens is 1. The first-order chi connectivity index (χ1) is 27.8. The summed E-state index contributed by atoms with van der Waals surface area (Å²) >= 11 is 2.35. The lowest BCUT2D eigenvalue weighted by Gasteiger charge is -2.59. The Morgan fingerprint density at radius 1 is 1.02 bits per heavy atom. The minimum absolute atomic E-state index is 0.0274. The van der Waals surface area contributed by atoms with Crippen molar-refractivity contribution < 1.29 is 38.4 Å². The minimum atomic E-state index is -2.25. The Labute approximate surface area is 353 Å². The van der Waals surface area contributed by atoms with E-state index in [0.29, 0.717) is 50.2 Å². The molecule has 3 aromatic rings. The average molecular weight is 905 g/mol.